The van der Waals surface area contributed by atoms with Crippen LogP contribution < -0.4 is 24.8 Å². The largest absolute Gasteiger partial charge is 0.497 e. The highest BCUT2D eigenvalue weighted by molar-refractivity contribution is 5.91. The second-order valence-electron chi connectivity index (χ2n) is 7.62. The van der Waals surface area contributed by atoms with Crippen LogP contribution in [0.5, 0.6) is 17.2 Å². The quantitative estimate of drug-likeness (QED) is 0.625. The van der Waals surface area contributed by atoms with E-state index in [-0.39, 0.29) is 12.5 Å². The van der Waals surface area contributed by atoms with Crippen molar-refractivity contribution in [3.05, 3.63) is 48.0 Å². The fourth-order valence-corrected chi connectivity index (χ4v) is 3.75. The second kappa shape index (κ2) is 11.5. The van der Waals surface area contributed by atoms with Crippen molar-refractivity contribution in [3.63, 3.8) is 0 Å². The second-order valence-corrected chi connectivity index (χ2v) is 7.62. The molecule has 6 nitrogen and oxygen atoms in total. The third-order valence-electron chi connectivity index (χ3n) is 5.38. The number of ether oxygens (including phenoxy) is 3. The molecule has 0 aromatic heterocycles. The Hall–Kier alpha value is -2.73. The van der Waals surface area contributed by atoms with Gasteiger partial charge in [-0.3, -0.25) is 4.79 Å². The molecule has 1 aliphatic carbocycles. The van der Waals surface area contributed by atoms with E-state index in [4.69, 9.17) is 14.2 Å². The Morgan fingerprint density at radius 3 is 2.50 bits per heavy atom. The van der Waals surface area contributed by atoms with Gasteiger partial charge in [0.05, 0.1) is 19.8 Å². The van der Waals surface area contributed by atoms with Crippen molar-refractivity contribution < 1.29 is 24.3 Å². The number of methoxy groups -OCH3 is 1. The maximum Gasteiger partial charge on any atom is 0.262 e. The predicted molar refractivity (Wildman–Crippen MR) is 117 cm³/mol. The molecule has 0 atom stereocenters. The smallest absolute Gasteiger partial charge is 0.262 e. The molecular formula is C24H33N2O4+. The highest BCUT2D eigenvalue weighted by Gasteiger charge is 2.16. The molecule has 0 saturated heterocycles. The summed E-state index contributed by atoms with van der Waals surface area (Å²) < 4.78 is 16.6. The molecule has 3 rings (SSSR count). The number of hydrogen-bond donors (Lipinski definition) is 2. The Kier molecular flexibility index (Phi) is 8.39. The molecule has 1 saturated carbocycles. The molecule has 1 amide bonds. The molecule has 6 heteroatoms. The fraction of sp³-hybridized carbons (Fsp3) is 0.458. The van der Waals surface area contributed by atoms with Crippen LogP contribution in [0.1, 0.15) is 44.6 Å². The summed E-state index contributed by atoms with van der Waals surface area (Å²) in [6.45, 7) is 3.34. The standard InChI is InChI=1S/C24H32N2O4/c1-3-29-23-15-18(16-25-19-7-5-4-6-8-19)9-14-22(23)30-17-24(27)26-20-10-12-21(28-2)13-11-20/h9-15,19,25H,3-8,16-17H2,1-2H3,(H,26,27)/p+1. The topological polar surface area (TPSA) is 73.4 Å². The number of benzene rings is 2. The third kappa shape index (κ3) is 6.66. The van der Waals surface area contributed by atoms with Gasteiger partial charge in [0.15, 0.2) is 18.1 Å². The highest BCUT2D eigenvalue weighted by atomic mass is 16.5. The van der Waals surface area contributed by atoms with E-state index in [1.807, 2.05) is 19.1 Å². The summed E-state index contributed by atoms with van der Waals surface area (Å²) >= 11 is 0. The van der Waals surface area contributed by atoms with Crippen LogP contribution >= 0.6 is 0 Å². The van der Waals surface area contributed by atoms with Crippen LogP contribution in [0.3, 0.4) is 0 Å². The van der Waals surface area contributed by atoms with E-state index in [1.165, 1.54) is 37.7 Å². The molecule has 1 aliphatic rings. The maximum absolute atomic E-state index is 12.2. The van der Waals surface area contributed by atoms with Gasteiger partial charge in [0.25, 0.3) is 5.91 Å². The lowest BCUT2D eigenvalue weighted by Crippen LogP contribution is -2.88. The lowest BCUT2D eigenvalue weighted by Gasteiger charge is -2.20. The van der Waals surface area contributed by atoms with E-state index in [1.54, 1.807) is 31.4 Å². The molecule has 0 unspecified atom stereocenters. The van der Waals surface area contributed by atoms with Gasteiger partial charge >= 0.3 is 0 Å². The highest BCUT2D eigenvalue weighted by Crippen LogP contribution is 2.28. The van der Waals surface area contributed by atoms with Gasteiger partial charge < -0.3 is 24.8 Å². The molecule has 2 aromatic rings. The van der Waals surface area contributed by atoms with Gasteiger partial charge in [-0.2, -0.15) is 0 Å². The van der Waals surface area contributed by atoms with Gasteiger partial charge in [0, 0.05) is 11.3 Å². The minimum Gasteiger partial charge on any atom is -0.497 e. The first-order valence-electron chi connectivity index (χ1n) is 10.8. The van der Waals surface area contributed by atoms with Crippen molar-refractivity contribution in [2.45, 2.75) is 51.6 Å². The van der Waals surface area contributed by atoms with Gasteiger partial charge in [0.1, 0.15) is 12.3 Å². The molecule has 0 radical (unpaired) electrons. The normalized spacial score (nSPS) is 14.2. The van der Waals surface area contributed by atoms with Gasteiger partial charge in [-0.1, -0.05) is 6.42 Å². The maximum atomic E-state index is 12.2. The Morgan fingerprint density at radius 1 is 1.03 bits per heavy atom. The van der Waals surface area contributed by atoms with Crippen molar-refractivity contribution in [3.8, 4) is 17.2 Å². The van der Waals surface area contributed by atoms with Gasteiger partial charge in [-0.25, -0.2) is 0 Å². The van der Waals surface area contributed by atoms with E-state index in [9.17, 15) is 4.79 Å². The first kappa shape index (κ1) is 22.0. The molecule has 3 N–H and O–H groups in total. The van der Waals surface area contributed by atoms with E-state index >= 15 is 0 Å². The summed E-state index contributed by atoms with van der Waals surface area (Å²) in [6, 6.07) is 13.9. The fourth-order valence-electron chi connectivity index (χ4n) is 3.75. The Labute approximate surface area is 178 Å². The van der Waals surface area contributed by atoms with Gasteiger partial charge in [-0.05, 0) is 75.1 Å². The summed E-state index contributed by atoms with van der Waals surface area (Å²) in [6.07, 6.45) is 6.68. The van der Waals surface area contributed by atoms with Crippen LogP contribution in [0.25, 0.3) is 0 Å². The van der Waals surface area contributed by atoms with Crippen molar-refractivity contribution in [2.75, 3.05) is 25.6 Å². The predicted octanol–water partition coefficient (Wildman–Crippen LogP) is 3.51. The van der Waals surface area contributed by atoms with E-state index in [0.717, 1.165) is 18.3 Å². The number of rotatable bonds is 10. The van der Waals surface area contributed by atoms with Gasteiger partial charge in [0.2, 0.25) is 0 Å². The lowest BCUT2D eigenvalue weighted by molar-refractivity contribution is -0.706. The molecule has 162 valence electrons. The number of nitrogens with one attached hydrogen (secondary N) is 1. The van der Waals surface area contributed by atoms with Crippen LogP contribution in [-0.2, 0) is 11.3 Å². The molecule has 30 heavy (non-hydrogen) atoms. The Bertz CT molecular complexity index is 801. The van der Waals surface area contributed by atoms with Crippen molar-refractivity contribution >= 4 is 11.6 Å². The van der Waals surface area contributed by atoms with Crippen molar-refractivity contribution in [1.29, 1.82) is 0 Å². The summed E-state index contributed by atoms with van der Waals surface area (Å²) in [7, 11) is 1.61. The zero-order valence-corrected chi connectivity index (χ0v) is 18.0. The number of hydrogen-bond acceptors (Lipinski definition) is 4. The number of amides is 1. The number of nitrogens with two attached hydrogens (primary N) is 1. The van der Waals surface area contributed by atoms with Crippen LogP contribution in [0.4, 0.5) is 5.69 Å². The summed E-state index contributed by atoms with van der Waals surface area (Å²) in [5, 5.41) is 5.26. The first-order valence-corrected chi connectivity index (χ1v) is 10.8. The zero-order chi connectivity index (χ0) is 21.2. The number of carbonyl (C=O) groups excluding carboxylic acids is 1. The third-order valence-corrected chi connectivity index (χ3v) is 5.38. The molecule has 1 fully saturated rings. The minimum absolute atomic E-state index is 0.0837. The first-order chi connectivity index (χ1) is 14.7. The lowest BCUT2D eigenvalue weighted by atomic mass is 9.95. The minimum atomic E-state index is -0.225. The molecule has 0 aliphatic heterocycles. The van der Waals surface area contributed by atoms with Crippen LogP contribution in [0, 0.1) is 0 Å². The zero-order valence-electron chi connectivity index (χ0n) is 18.0. The van der Waals surface area contributed by atoms with Crippen molar-refractivity contribution in [1.82, 2.24) is 0 Å². The number of quaternary nitrogens is 1. The molecule has 0 heterocycles. The summed E-state index contributed by atoms with van der Waals surface area (Å²) in [5.41, 5.74) is 1.90. The van der Waals surface area contributed by atoms with E-state index in [2.05, 4.69) is 16.7 Å². The molecule has 0 spiro atoms. The molecule has 0 bridgehead atoms. The average molecular weight is 414 g/mol. The SMILES string of the molecule is CCOc1cc(C[NH2+]C2CCCCC2)ccc1OCC(=O)Nc1ccc(OC)cc1. The van der Waals surface area contributed by atoms with Crippen LogP contribution in [0.15, 0.2) is 42.5 Å². The Balaban J connectivity index is 1.53. The van der Waals surface area contributed by atoms with Crippen molar-refractivity contribution in [2.24, 2.45) is 0 Å². The average Bonchev–Trinajstić information content (AvgIpc) is 2.78. The van der Waals surface area contributed by atoms with Crippen LogP contribution in [0.2, 0.25) is 0 Å². The summed E-state index contributed by atoms with van der Waals surface area (Å²) in [4.78, 5) is 12.2. The number of anilines is 1. The van der Waals surface area contributed by atoms with Crippen LogP contribution in [-0.4, -0.2) is 32.3 Å². The van der Waals surface area contributed by atoms with E-state index in [0.29, 0.717) is 23.8 Å². The molecular weight excluding hydrogens is 380 g/mol. The van der Waals surface area contributed by atoms with Gasteiger partial charge in [-0.15, -0.1) is 0 Å². The summed E-state index contributed by atoms with van der Waals surface area (Å²) in [5.74, 6) is 1.79. The van der Waals surface area contributed by atoms with E-state index < -0.39 is 0 Å². The Morgan fingerprint density at radius 2 is 1.80 bits per heavy atom. The monoisotopic (exact) mass is 413 g/mol. The number of carbonyl (C=O) groups is 1. The molecule has 2 aromatic carbocycles.